The van der Waals surface area contributed by atoms with Crippen molar-refractivity contribution in [2.24, 2.45) is 5.73 Å². The normalized spacial score (nSPS) is 11.7. The minimum absolute atomic E-state index is 0.0712. The zero-order valence-electron chi connectivity index (χ0n) is 13.1. The van der Waals surface area contributed by atoms with E-state index >= 15 is 0 Å². The van der Waals surface area contributed by atoms with Crippen LogP contribution >= 0.6 is 0 Å². The minimum atomic E-state index is -0.107. The first-order valence-electron chi connectivity index (χ1n) is 6.86. The van der Waals surface area contributed by atoms with Gasteiger partial charge in [-0.1, -0.05) is 6.92 Å². The number of nitrogens with one attached hydrogen (secondary N) is 1. The van der Waals surface area contributed by atoms with E-state index in [0.29, 0.717) is 30.2 Å². The van der Waals surface area contributed by atoms with Gasteiger partial charge in [-0.05, 0) is 24.1 Å². The van der Waals surface area contributed by atoms with Crippen molar-refractivity contribution in [2.45, 2.75) is 32.4 Å². The van der Waals surface area contributed by atoms with Gasteiger partial charge < -0.3 is 25.3 Å². The van der Waals surface area contributed by atoms with Gasteiger partial charge in [0.25, 0.3) is 0 Å². The molecule has 6 nitrogen and oxygen atoms in total. The zero-order valence-corrected chi connectivity index (χ0v) is 13.1. The lowest BCUT2D eigenvalue weighted by atomic mass is 10.1. The highest BCUT2D eigenvalue weighted by Gasteiger charge is 2.14. The van der Waals surface area contributed by atoms with Crippen molar-refractivity contribution in [1.29, 1.82) is 0 Å². The van der Waals surface area contributed by atoms with E-state index in [9.17, 15) is 4.79 Å². The number of rotatable bonds is 8. The second-order valence-electron chi connectivity index (χ2n) is 4.68. The van der Waals surface area contributed by atoms with Gasteiger partial charge in [0.05, 0.1) is 21.3 Å². The summed E-state index contributed by atoms with van der Waals surface area (Å²) in [5.41, 5.74) is 6.62. The Bertz CT molecular complexity index is 452. The maximum atomic E-state index is 11.7. The third-order valence-corrected chi connectivity index (χ3v) is 3.19. The molecule has 0 saturated carbocycles. The van der Waals surface area contributed by atoms with Crippen LogP contribution in [0.5, 0.6) is 17.2 Å². The van der Waals surface area contributed by atoms with Gasteiger partial charge in [0.2, 0.25) is 11.7 Å². The molecule has 1 atom stereocenters. The molecular weight excluding hydrogens is 272 g/mol. The second-order valence-corrected chi connectivity index (χ2v) is 4.68. The maximum absolute atomic E-state index is 11.7. The monoisotopic (exact) mass is 296 g/mol. The van der Waals surface area contributed by atoms with Crippen LogP contribution in [0.25, 0.3) is 0 Å². The predicted molar refractivity (Wildman–Crippen MR) is 80.8 cm³/mol. The Kier molecular flexibility index (Phi) is 6.81. The third-order valence-electron chi connectivity index (χ3n) is 3.19. The second kappa shape index (κ2) is 8.36. The lowest BCUT2D eigenvalue weighted by Gasteiger charge is -2.15. The average Bonchev–Trinajstić information content (AvgIpc) is 2.51. The Balaban J connectivity index is 2.78. The maximum Gasteiger partial charge on any atom is 0.221 e. The number of methoxy groups -OCH3 is 3. The first-order chi connectivity index (χ1) is 10.0. The molecule has 1 amide bonds. The van der Waals surface area contributed by atoms with Crippen molar-refractivity contribution >= 4 is 5.91 Å². The van der Waals surface area contributed by atoms with Crippen molar-refractivity contribution in [1.82, 2.24) is 5.32 Å². The average molecular weight is 296 g/mol. The van der Waals surface area contributed by atoms with Crippen LogP contribution in [0, 0.1) is 0 Å². The van der Waals surface area contributed by atoms with Crippen LogP contribution in [0.3, 0.4) is 0 Å². The summed E-state index contributed by atoms with van der Waals surface area (Å²) < 4.78 is 15.8. The van der Waals surface area contributed by atoms with Gasteiger partial charge in [0.15, 0.2) is 11.5 Å². The molecule has 6 heteroatoms. The van der Waals surface area contributed by atoms with Crippen LogP contribution in [-0.2, 0) is 11.3 Å². The van der Waals surface area contributed by atoms with Crippen molar-refractivity contribution < 1.29 is 19.0 Å². The summed E-state index contributed by atoms with van der Waals surface area (Å²) in [6, 6.07) is 3.51. The van der Waals surface area contributed by atoms with Crippen molar-refractivity contribution in [3.8, 4) is 17.2 Å². The van der Waals surface area contributed by atoms with Crippen LogP contribution in [0.4, 0.5) is 0 Å². The largest absolute Gasteiger partial charge is 0.493 e. The van der Waals surface area contributed by atoms with E-state index in [0.717, 1.165) is 12.0 Å². The molecule has 0 aliphatic carbocycles. The molecule has 0 fully saturated rings. The van der Waals surface area contributed by atoms with Gasteiger partial charge in [0, 0.05) is 19.0 Å². The van der Waals surface area contributed by atoms with Crippen LogP contribution in [-0.4, -0.2) is 33.3 Å². The molecule has 21 heavy (non-hydrogen) atoms. The molecule has 3 N–H and O–H groups in total. The molecule has 0 heterocycles. The molecule has 0 aromatic heterocycles. The van der Waals surface area contributed by atoms with Crippen LogP contribution in [0.15, 0.2) is 12.1 Å². The highest BCUT2D eigenvalue weighted by molar-refractivity contribution is 5.76. The van der Waals surface area contributed by atoms with E-state index in [4.69, 9.17) is 19.9 Å². The van der Waals surface area contributed by atoms with Crippen molar-refractivity contribution in [3.63, 3.8) is 0 Å². The van der Waals surface area contributed by atoms with E-state index in [1.54, 1.807) is 33.5 Å². The standard InChI is InChI=1S/C15H24N2O4/c1-5-11(16)8-14(18)17-9-10-6-12(19-2)15(21-4)13(7-10)20-3/h6-7,11H,5,8-9,16H2,1-4H3,(H,17,18). The van der Waals surface area contributed by atoms with E-state index in [1.807, 2.05) is 6.92 Å². The number of carbonyl (C=O) groups excluding carboxylic acids is 1. The molecule has 1 aromatic rings. The Hall–Kier alpha value is -1.95. The summed E-state index contributed by atoms with van der Waals surface area (Å²) in [6.07, 6.45) is 1.10. The third kappa shape index (κ3) is 4.82. The molecule has 1 unspecified atom stereocenters. The van der Waals surface area contributed by atoms with E-state index in [-0.39, 0.29) is 11.9 Å². The number of hydrogen-bond acceptors (Lipinski definition) is 5. The minimum Gasteiger partial charge on any atom is -0.493 e. The van der Waals surface area contributed by atoms with Gasteiger partial charge in [-0.2, -0.15) is 0 Å². The Morgan fingerprint density at radius 3 is 2.19 bits per heavy atom. The van der Waals surface area contributed by atoms with Crippen LogP contribution < -0.4 is 25.3 Å². The Labute approximate surface area is 125 Å². The molecule has 118 valence electrons. The highest BCUT2D eigenvalue weighted by Crippen LogP contribution is 2.38. The topological polar surface area (TPSA) is 82.8 Å². The van der Waals surface area contributed by atoms with E-state index < -0.39 is 0 Å². The Morgan fingerprint density at radius 2 is 1.76 bits per heavy atom. The lowest BCUT2D eigenvalue weighted by Crippen LogP contribution is -2.30. The van der Waals surface area contributed by atoms with Gasteiger partial charge in [-0.15, -0.1) is 0 Å². The molecule has 0 aliphatic rings. The summed E-state index contributed by atoms with van der Waals surface area (Å²) in [4.78, 5) is 11.7. The first kappa shape index (κ1) is 17.1. The number of carbonyl (C=O) groups is 1. The summed E-state index contributed by atoms with van der Waals surface area (Å²) in [6.45, 7) is 2.34. The number of hydrogen-bond donors (Lipinski definition) is 2. The Morgan fingerprint density at radius 1 is 1.19 bits per heavy atom. The first-order valence-corrected chi connectivity index (χ1v) is 6.86. The quantitative estimate of drug-likeness (QED) is 0.759. The fourth-order valence-corrected chi connectivity index (χ4v) is 1.89. The van der Waals surface area contributed by atoms with Crippen molar-refractivity contribution in [2.75, 3.05) is 21.3 Å². The highest BCUT2D eigenvalue weighted by atomic mass is 16.5. The van der Waals surface area contributed by atoms with E-state index in [1.165, 1.54) is 0 Å². The molecule has 0 spiro atoms. The predicted octanol–water partition coefficient (Wildman–Crippen LogP) is 1.46. The molecule has 1 aromatic carbocycles. The summed E-state index contributed by atoms with van der Waals surface area (Å²) >= 11 is 0. The summed E-state index contributed by atoms with van der Waals surface area (Å²) in [5.74, 6) is 1.58. The molecule has 1 rings (SSSR count). The van der Waals surface area contributed by atoms with Gasteiger partial charge in [-0.3, -0.25) is 4.79 Å². The van der Waals surface area contributed by atoms with E-state index in [2.05, 4.69) is 5.32 Å². The number of ether oxygens (including phenoxy) is 3. The van der Waals surface area contributed by atoms with Crippen LogP contribution in [0.2, 0.25) is 0 Å². The van der Waals surface area contributed by atoms with Crippen LogP contribution in [0.1, 0.15) is 25.3 Å². The smallest absolute Gasteiger partial charge is 0.221 e. The number of benzene rings is 1. The fraction of sp³-hybridized carbons (Fsp3) is 0.533. The van der Waals surface area contributed by atoms with Gasteiger partial charge >= 0.3 is 0 Å². The molecule has 0 aliphatic heterocycles. The zero-order chi connectivity index (χ0) is 15.8. The summed E-state index contributed by atoms with van der Waals surface area (Å²) in [7, 11) is 4.66. The molecular formula is C15H24N2O4. The number of amides is 1. The molecule has 0 radical (unpaired) electrons. The lowest BCUT2D eigenvalue weighted by molar-refractivity contribution is -0.121. The fourth-order valence-electron chi connectivity index (χ4n) is 1.89. The molecule has 0 bridgehead atoms. The van der Waals surface area contributed by atoms with Gasteiger partial charge in [0.1, 0.15) is 0 Å². The van der Waals surface area contributed by atoms with Gasteiger partial charge in [-0.25, -0.2) is 0 Å². The summed E-state index contributed by atoms with van der Waals surface area (Å²) in [5, 5.41) is 2.83. The number of nitrogens with two attached hydrogens (primary N) is 1. The molecule has 0 saturated heterocycles. The van der Waals surface area contributed by atoms with Crippen molar-refractivity contribution in [3.05, 3.63) is 17.7 Å². The SMILES string of the molecule is CCC(N)CC(=O)NCc1cc(OC)c(OC)c(OC)c1.